The first-order valence-electron chi connectivity index (χ1n) is 7.80. The highest BCUT2D eigenvalue weighted by atomic mass is 16.6. The Balaban J connectivity index is 1.47. The summed E-state index contributed by atoms with van der Waals surface area (Å²) in [7, 11) is 0. The van der Waals surface area contributed by atoms with Crippen molar-refractivity contribution in [1.29, 1.82) is 0 Å². The second-order valence-corrected chi connectivity index (χ2v) is 5.76. The molecule has 0 aromatic carbocycles. The van der Waals surface area contributed by atoms with Crippen LogP contribution in [0, 0.1) is 0 Å². The maximum atomic E-state index is 12.1. The van der Waals surface area contributed by atoms with Crippen molar-refractivity contribution >= 4 is 6.09 Å². The molecule has 0 bridgehead atoms. The Bertz CT molecular complexity index is 454. The van der Waals surface area contributed by atoms with E-state index in [0.717, 1.165) is 25.9 Å². The van der Waals surface area contributed by atoms with E-state index in [9.17, 15) is 4.79 Å². The minimum Gasteiger partial charge on any atom is -0.408 e. The van der Waals surface area contributed by atoms with Gasteiger partial charge in [0.15, 0.2) is 5.75 Å². The summed E-state index contributed by atoms with van der Waals surface area (Å²) in [6, 6.07) is 2.28. The van der Waals surface area contributed by atoms with Crippen LogP contribution in [-0.4, -0.2) is 58.3 Å². The van der Waals surface area contributed by atoms with E-state index in [1.807, 2.05) is 0 Å². The number of carbonyl (C=O) groups excluding carboxylic acids is 1. The molecule has 114 valence electrons. The number of carbonyl (C=O) groups is 1. The Morgan fingerprint density at radius 2 is 1.86 bits per heavy atom. The summed E-state index contributed by atoms with van der Waals surface area (Å²) in [5, 5.41) is 7.37. The fourth-order valence-electron chi connectivity index (χ4n) is 3.20. The molecular weight excluding hydrogens is 268 g/mol. The molecule has 3 rings (SSSR count). The van der Waals surface area contributed by atoms with E-state index in [0.29, 0.717) is 11.8 Å². The van der Waals surface area contributed by atoms with E-state index >= 15 is 0 Å². The molecule has 1 aromatic heterocycles. The van der Waals surface area contributed by atoms with Crippen LogP contribution in [0.5, 0.6) is 5.75 Å². The summed E-state index contributed by atoms with van der Waals surface area (Å²) in [4.78, 5) is 16.5. The maximum Gasteiger partial charge on any atom is 0.415 e. The minimum atomic E-state index is -0.278. The molecule has 0 aliphatic carbocycles. The van der Waals surface area contributed by atoms with Gasteiger partial charge in [-0.25, -0.2) is 4.79 Å². The topological polar surface area (TPSA) is 58.6 Å². The van der Waals surface area contributed by atoms with Gasteiger partial charge in [-0.2, -0.15) is 10.2 Å². The second-order valence-electron chi connectivity index (χ2n) is 5.76. The number of nitrogens with zero attached hydrogens (tertiary/aromatic N) is 4. The van der Waals surface area contributed by atoms with Crippen molar-refractivity contribution < 1.29 is 9.53 Å². The third-order valence-corrected chi connectivity index (χ3v) is 4.39. The number of hydrogen-bond donors (Lipinski definition) is 0. The Hall–Kier alpha value is -1.69. The molecule has 6 heteroatoms. The molecule has 2 aliphatic rings. The first kappa shape index (κ1) is 14.3. The Kier molecular flexibility index (Phi) is 4.65. The van der Waals surface area contributed by atoms with E-state index in [4.69, 9.17) is 4.74 Å². The number of likely N-dealkylation sites (tertiary alicyclic amines) is 2. The van der Waals surface area contributed by atoms with Crippen molar-refractivity contribution in [2.24, 2.45) is 0 Å². The average molecular weight is 290 g/mol. The molecule has 21 heavy (non-hydrogen) atoms. The second kappa shape index (κ2) is 6.85. The zero-order chi connectivity index (χ0) is 14.5. The fourth-order valence-corrected chi connectivity index (χ4v) is 3.20. The molecule has 0 radical (unpaired) electrons. The molecule has 1 aromatic rings. The molecule has 0 unspecified atom stereocenters. The van der Waals surface area contributed by atoms with E-state index in [2.05, 4.69) is 15.1 Å². The molecule has 2 aliphatic heterocycles. The molecule has 3 heterocycles. The van der Waals surface area contributed by atoms with Crippen LogP contribution in [0.25, 0.3) is 0 Å². The molecule has 0 saturated carbocycles. The van der Waals surface area contributed by atoms with Gasteiger partial charge in [0.05, 0.1) is 12.4 Å². The van der Waals surface area contributed by atoms with Gasteiger partial charge in [-0.05, 0) is 38.8 Å². The van der Waals surface area contributed by atoms with Crippen LogP contribution in [0.3, 0.4) is 0 Å². The summed E-state index contributed by atoms with van der Waals surface area (Å²) in [6.07, 6.45) is 8.79. The van der Waals surface area contributed by atoms with Crippen molar-refractivity contribution in [3.8, 4) is 5.75 Å². The molecule has 0 spiro atoms. The van der Waals surface area contributed by atoms with Gasteiger partial charge >= 0.3 is 6.09 Å². The normalized spacial score (nSPS) is 21.2. The standard InChI is InChI=1S/C15H22N4O2/c20-15(21-14-4-7-16-17-12-14)19-10-5-13(6-11-19)18-8-2-1-3-9-18/h4,7,12-13H,1-3,5-6,8-11H2. The summed E-state index contributed by atoms with van der Waals surface area (Å²) in [5.74, 6) is 0.452. The van der Waals surface area contributed by atoms with Gasteiger partial charge < -0.3 is 14.5 Å². The van der Waals surface area contributed by atoms with Crippen LogP contribution < -0.4 is 4.74 Å². The minimum absolute atomic E-state index is 0.278. The highest BCUT2D eigenvalue weighted by molar-refractivity contribution is 5.70. The fraction of sp³-hybridized carbons (Fsp3) is 0.667. The summed E-state index contributed by atoms with van der Waals surface area (Å²) >= 11 is 0. The Morgan fingerprint density at radius 3 is 2.52 bits per heavy atom. The lowest BCUT2D eigenvalue weighted by Crippen LogP contribution is -2.48. The smallest absolute Gasteiger partial charge is 0.408 e. The number of amides is 1. The van der Waals surface area contributed by atoms with Gasteiger partial charge in [-0.3, -0.25) is 0 Å². The van der Waals surface area contributed by atoms with Crippen LogP contribution >= 0.6 is 0 Å². The van der Waals surface area contributed by atoms with Gasteiger partial charge in [0, 0.05) is 25.2 Å². The van der Waals surface area contributed by atoms with Crippen molar-refractivity contribution in [2.45, 2.75) is 38.1 Å². The van der Waals surface area contributed by atoms with E-state index < -0.39 is 0 Å². The number of hydrogen-bond acceptors (Lipinski definition) is 5. The van der Waals surface area contributed by atoms with Gasteiger partial charge in [-0.15, -0.1) is 0 Å². The predicted octanol–water partition coefficient (Wildman–Crippen LogP) is 1.93. The predicted molar refractivity (Wildman–Crippen MR) is 78.1 cm³/mol. The summed E-state index contributed by atoms with van der Waals surface area (Å²) in [6.45, 7) is 3.99. The van der Waals surface area contributed by atoms with Gasteiger partial charge in [0.25, 0.3) is 0 Å². The van der Waals surface area contributed by atoms with Crippen molar-refractivity contribution in [1.82, 2.24) is 20.0 Å². The highest BCUT2D eigenvalue weighted by Gasteiger charge is 2.28. The van der Waals surface area contributed by atoms with Crippen molar-refractivity contribution in [3.05, 3.63) is 18.5 Å². The quantitative estimate of drug-likeness (QED) is 0.833. The zero-order valence-corrected chi connectivity index (χ0v) is 12.3. The molecule has 2 fully saturated rings. The summed E-state index contributed by atoms with van der Waals surface area (Å²) in [5.41, 5.74) is 0. The number of piperidine rings is 2. The van der Waals surface area contributed by atoms with Crippen LogP contribution in [0.2, 0.25) is 0 Å². The number of rotatable bonds is 2. The molecule has 1 amide bonds. The lowest BCUT2D eigenvalue weighted by Gasteiger charge is -2.39. The first-order valence-corrected chi connectivity index (χ1v) is 7.80. The van der Waals surface area contributed by atoms with Crippen molar-refractivity contribution in [2.75, 3.05) is 26.2 Å². The van der Waals surface area contributed by atoms with E-state index in [1.54, 1.807) is 11.0 Å². The molecule has 0 N–H and O–H groups in total. The highest BCUT2D eigenvalue weighted by Crippen LogP contribution is 2.21. The van der Waals surface area contributed by atoms with Crippen LogP contribution in [0.15, 0.2) is 18.5 Å². The molecule has 6 nitrogen and oxygen atoms in total. The van der Waals surface area contributed by atoms with E-state index in [-0.39, 0.29) is 6.09 Å². The lowest BCUT2D eigenvalue weighted by molar-refractivity contribution is 0.0878. The largest absolute Gasteiger partial charge is 0.415 e. The maximum absolute atomic E-state index is 12.1. The number of ether oxygens (including phenoxy) is 1. The van der Waals surface area contributed by atoms with E-state index in [1.165, 1.54) is 44.7 Å². The first-order chi connectivity index (χ1) is 10.3. The molecule has 2 saturated heterocycles. The Morgan fingerprint density at radius 1 is 1.10 bits per heavy atom. The van der Waals surface area contributed by atoms with Gasteiger partial charge in [0.1, 0.15) is 0 Å². The SMILES string of the molecule is O=C(Oc1ccnnc1)N1CCC(N2CCCCC2)CC1. The molecular formula is C15H22N4O2. The average Bonchev–Trinajstić information content (AvgIpc) is 2.57. The van der Waals surface area contributed by atoms with Gasteiger partial charge in [-0.1, -0.05) is 6.42 Å². The van der Waals surface area contributed by atoms with Crippen LogP contribution in [-0.2, 0) is 0 Å². The van der Waals surface area contributed by atoms with Crippen molar-refractivity contribution in [3.63, 3.8) is 0 Å². The Labute approximate surface area is 125 Å². The van der Waals surface area contributed by atoms with Crippen LogP contribution in [0.4, 0.5) is 4.79 Å². The number of aromatic nitrogens is 2. The monoisotopic (exact) mass is 290 g/mol. The third-order valence-electron chi connectivity index (χ3n) is 4.39. The summed E-state index contributed by atoms with van der Waals surface area (Å²) < 4.78 is 5.31. The van der Waals surface area contributed by atoms with Gasteiger partial charge in [0.2, 0.25) is 0 Å². The zero-order valence-electron chi connectivity index (χ0n) is 12.3. The lowest BCUT2D eigenvalue weighted by atomic mass is 10.0. The molecule has 0 atom stereocenters. The van der Waals surface area contributed by atoms with Crippen LogP contribution in [0.1, 0.15) is 32.1 Å². The third kappa shape index (κ3) is 3.69.